The number of rotatable bonds is 4. The molecule has 0 aliphatic carbocycles. The first-order valence-corrected chi connectivity index (χ1v) is 7.21. The van der Waals surface area contributed by atoms with Gasteiger partial charge in [-0.05, 0) is 46.3 Å². The fraction of sp³-hybridized carbons (Fsp3) is 0.600. The van der Waals surface area contributed by atoms with Crippen LogP contribution in [0.25, 0.3) is 0 Å². The summed E-state index contributed by atoms with van der Waals surface area (Å²) >= 11 is 0. The first-order valence-electron chi connectivity index (χ1n) is 7.21. The van der Waals surface area contributed by atoms with Crippen molar-refractivity contribution in [1.82, 2.24) is 14.8 Å². The number of carboxylic acids is 1. The quantitative estimate of drug-likeness (QED) is 0.882. The standard InChI is InChI=1S/C15H23N3O3/c1-9-12(10(2)16-13(9)15(20)21)14(19)18-7-5-6-11(18)8-17(3)4/h11,16H,5-8H2,1-4H3,(H,20,21). The molecule has 1 aliphatic rings. The van der Waals surface area contributed by atoms with Gasteiger partial charge in [-0.25, -0.2) is 4.79 Å². The van der Waals surface area contributed by atoms with Crippen LogP contribution in [0, 0.1) is 13.8 Å². The summed E-state index contributed by atoms with van der Waals surface area (Å²) in [6, 6.07) is 0.203. The molecule has 6 nitrogen and oxygen atoms in total. The molecule has 1 amide bonds. The zero-order valence-corrected chi connectivity index (χ0v) is 13.1. The normalized spacial score (nSPS) is 18.5. The van der Waals surface area contributed by atoms with Crippen molar-refractivity contribution in [2.45, 2.75) is 32.7 Å². The number of carbonyl (C=O) groups is 2. The summed E-state index contributed by atoms with van der Waals surface area (Å²) in [4.78, 5) is 30.8. The highest BCUT2D eigenvalue weighted by molar-refractivity contribution is 6.01. The molecule has 21 heavy (non-hydrogen) atoms. The van der Waals surface area contributed by atoms with Crippen molar-refractivity contribution in [3.8, 4) is 0 Å². The van der Waals surface area contributed by atoms with Crippen LogP contribution in [0.2, 0.25) is 0 Å². The van der Waals surface area contributed by atoms with Crippen molar-refractivity contribution in [3.63, 3.8) is 0 Å². The predicted octanol–water partition coefficient (Wildman–Crippen LogP) is 1.50. The maximum absolute atomic E-state index is 12.8. The first-order chi connectivity index (χ1) is 9.82. The Balaban J connectivity index is 2.30. The molecule has 2 N–H and O–H groups in total. The molecule has 0 aromatic carbocycles. The van der Waals surface area contributed by atoms with Crippen LogP contribution in [0.5, 0.6) is 0 Å². The molecule has 6 heteroatoms. The monoisotopic (exact) mass is 293 g/mol. The molecule has 1 fully saturated rings. The van der Waals surface area contributed by atoms with Gasteiger partial charge in [0.05, 0.1) is 5.56 Å². The van der Waals surface area contributed by atoms with E-state index in [4.69, 9.17) is 5.11 Å². The third-order valence-electron chi connectivity index (χ3n) is 4.08. The van der Waals surface area contributed by atoms with E-state index in [1.54, 1.807) is 13.8 Å². The first kappa shape index (κ1) is 15.6. The second kappa shape index (κ2) is 5.89. The van der Waals surface area contributed by atoms with Crippen LogP contribution < -0.4 is 0 Å². The molecule has 2 rings (SSSR count). The summed E-state index contributed by atoms with van der Waals surface area (Å²) in [6.07, 6.45) is 2.00. The topological polar surface area (TPSA) is 76.6 Å². The van der Waals surface area contributed by atoms with Gasteiger partial charge >= 0.3 is 5.97 Å². The van der Waals surface area contributed by atoms with Crippen molar-refractivity contribution in [2.75, 3.05) is 27.2 Å². The van der Waals surface area contributed by atoms with Crippen molar-refractivity contribution >= 4 is 11.9 Å². The number of aromatic carboxylic acids is 1. The van der Waals surface area contributed by atoms with E-state index in [1.807, 2.05) is 19.0 Å². The number of hydrogen-bond acceptors (Lipinski definition) is 3. The van der Waals surface area contributed by atoms with Crippen LogP contribution in [0.15, 0.2) is 0 Å². The Kier molecular flexibility index (Phi) is 4.37. The smallest absolute Gasteiger partial charge is 0.352 e. The van der Waals surface area contributed by atoms with Gasteiger partial charge < -0.3 is 19.9 Å². The number of likely N-dealkylation sites (tertiary alicyclic amines) is 1. The number of aromatic amines is 1. The highest BCUT2D eigenvalue weighted by atomic mass is 16.4. The SMILES string of the molecule is Cc1[nH]c(C(=O)O)c(C)c1C(=O)N1CCCC1CN(C)C. The number of aryl methyl sites for hydroxylation is 1. The molecule has 1 aromatic rings. The number of nitrogens with one attached hydrogen (secondary N) is 1. The summed E-state index contributed by atoms with van der Waals surface area (Å²) in [5.41, 5.74) is 1.78. The van der Waals surface area contributed by atoms with Gasteiger partial charge in [0.15, 0.2) is 0 Å². The van der Waals surface area contributed by atoms with Gasteiger partial charge in [-0.1, -0.05) is 0 Å². The van der Waals surface area contributed by atoms with Crippen LogP contribution >= 0.6 is 0 Å². The Morgan fingerprint density at radius 2 is 2.05 bits per heavy atom. The molecule has 1 unspecified atom stereocenters. The largest absolute Gasteiger partial charge is 0.477 e. The second-order valence-electron chi connectivity index (χ2n) is 5.99. The molecule has 0 radical (unpaired) electrons. The Hall–Kier alpha value is -1.82. The number of hydrogen-bond donors (Lipinski definition) is 2. The summed E-state index contributed by atoms with van der Waals surface area (Å²) in [7, 11) is 3.99. The van der Waals surface area contributed by atoms with Crippen LogP contribution in [-0.4, -0.2) is 65.0 Å². The number of likely N-dealkylation sites (N-methyl/N-ethyl adjacent to an activating group) is 1. The highest BCUT2D eigenvalue weighted by Gasteiger charge is 2.32. The van der Waals surface area contributed by atoms with Gasteiger partial charge in [-0.15, -0.1) is 0 Å². The average Bonchev–Trinajstić information content (AvgIpc) is 2.93. The Labute approximate surface area is 124 Å². The molecule has 2 heterocycles. The van der Waals surface area contributed by atoms with Gasteiger partial charge in [0.25, 0.3) is 5.91 Å². The molecule has 0 bridgehead atoms. The van der Waals surface area contributed by atoms with Gasteiger partial charge in [0, 0.05) is 24.8 Å². The van der Waals surface area contributed by atoms with E-state index in [0.717, 1.165) is 25.9 Å². The molecule has 1 saturated heterocycles. The highest BCUT2D eigenvalue weighted by Crippen LogP contribution is 2.25. The fourth-order valence-electron chi connectivity index (χ4n) is 3.14. The summed E-state index contributed by atoms with van der Waals surface area (Å²) in [5, 5.41) is 9.16. The summed E-state index contributed by atoms with van der Waals surface area (Å²) < 4.78 is 0. The van der Waals surface area contributed by atoms with E-state index in [0.29, 0.717) is 16.8 Å². The molecule has 0 spiro atoms. The maximum Gasteiger partial charge on any atom is 0.352 e. The summed E-state index contributed by atoms with van der Waals surface area (Å²) in [6.45, 7) is 5.02. The minimum absolute atomic E-state index is 0.0573. The van der Waals surface area contributed by atoms with Gasteiger partial charge in [0.2, 0.25) is 0 Å². The lowest BCUT2D eigenvalue weighted by Gasteiger charge is -2.27. The third kappa shape index (κ3) is 2.95. The lowest BCUT2D eigenvalue weighted by Crippen LogP contribution is -2.41. The van der Waals surface area contributed by atoms with Crippen molar-refractivity contribution in [2.24, 2.45) is 0 Å². The van der Waals surface area contributed by atoms with Crippen molar-refractivity contribution in [1.29, 1.82) is 0 Å². The Bertz CT molecular complexity index is 563. The van der Waals surface area contributed by atoms with Gasteiger partial charge in [-0.2, -0.15) is 0 Å². The van der Waals surface area contributed by atoms with Crippen LogP contribution in [0.4, 0.5) is 0 Å². The average molecular weight is 293 g/mol. The molecule has 1 atom stereocenters. The zero-order chi connectivity index (χ0) is 15.7. The van der Waals surface area contributed by atoms with E-state index in [-0.39, 0.29) is 17.6 Å². The molecule has 116 valence electrons. The minimum Gasteiger partial charge on any atom is -0.477 e. The van der Waals surface area contributed by atoms with E-state index >= 15 is 0 Å². The maximum atomic E-state index is 12.8. The van der Waals surface area contributed by atoms with Crippen LogP contribution in [0.3, 0.4) is 0 Å². The molecule has 1 aromatic heterocycles. The molecular formula is C15H23N3O3. The second-order valence-corrected chi connectivity index (χ2v) is 5.99. The number of aromatic nitrogens is 1. The predicted molar refractivity (Wildman–Crippen MR) is 79.8 cm³/mol. The Morgan fingerprint density at radius 1 is 1.38 bits per heavy atom. The molecular weight excluding hydrogens is 270 g/mol. The minimum atomic E-state index is -1.03. The zero-order valence-electron chi connectivity index (χ0n) is 13.1. The number of carbonyl (C=O) groups excluding carboxylic acids is 1. The van der Waals surface area contributed by atoms with Gasteiger partial charge in [-0.3, -0.25) is 4.79 Å². The number of amides is 1. The lowest BCUT2D eigenvalue weighted by molar-refractivity contribution is 0.0690. The number of nitrogens with zero attached hydrogens (tertiary/aromatic N) is 2. The third-order valence-corrected chi connectivity index (χ3v) is 4.08. The lowest BCUT2D eigenvalue weighted by atomic mass is 10.1. The summed E-state index contributed by atoms with van der Waals surface area (Å²) in [5.74, 6) is -1.08. The van der Waals surface area contributed by atoms with E-state index in [9.17, 15) is 9.59 Å². The van der Waals surface area contributed by atoms with E-state index in [1.165, 1.54) is 0 Å². The van der Waals surface area contributed by atoms with Gasteiger partial charge in [0.1, 0.15) is 5.69 Å². The Morgan fingerprint density at radius 3 is 2.57 bits per heavy atom. The molecule has 1 aliphatic heterocycles. The van der Waals surface area contributed by atoms with E-state index in [2.05, 4.69) is 9.88 Å². The van der Waals surface area contributed by atoms with Crippen LogP contribution in [-0.2, 0) is 0 Å². The van der Waals surface area contributed by atoms with Crippen molar-refractivity contribution in [3.05, 3.63) is 22.5 Å². The molecule has 0 saturated carbocycles. The number of H-pyrrole nitrogens is 1. The van der Waals surface area contributed by atoms with Crippen molar-refractivity contribution < 1.29 is 14.7 Å². The van der Waals surface area contributed by atoms with E-state index < -0.39 is 5.97 Å². The number of carboxylic acid groups (broad SMARTS) is 1. The van der Waals surface area contributed by atoms with Crippen LogP contribution in [0.1, 0.15) is 44.9 Å². The fourth-order valence-corrected chi connectivity index (χ4v) is 3.14.